The summed E-state index contributed by atoms with van der Waals surface area (Å²) in [6, 6.07) is 0. The number of hydrogen-bond acceptors (Lipinski definition) is 4. The van der Waals surface area contributed by atoms with Crippen molar-refractivity contribution < 1.29 is 14.3 Å². The summed E-state index contributed by atoms with van der Waals surface area (Å²) in [5.74, 6) is -0.589. The molecule has 0 aromatic rings. The third kappa shape index (κ3) is 2.85. The number of ether oxygens (including phenoxy) is 1. The average Bonchev–Trinajstić information content (AvgIpc) is 2.15. The van der Waals surface area contributed by atoms with Gasteiger partial charge in [0.15, 0.2) is 0 Å². The number of nitrogens with zero attached hydrogens (tertiary/aromatic N) is 1. The Bertz CT molecular complexity index is 248. The standard InChI is InChI=1S/C8H12N2O3/c1-2-5-13-8(12)6-3-4-7(11)10-9-6/h2-5H2,1H3,(H,10,11). The lowest BCUT2D eigenvalue weighted by atomic mass is 10.2. The Morgan fingerprint density at radius 2 is 2.38 bits per heavy atom. The first-order valence-electron chi connectivity index (χ1n) is 4.26. The van der Waals surface area contributed by atoms with Gasteiger partial charge in [-0.2, -0.15) is 5.10 Å². The van der Waals surface area contributed by atoms with E-state index in [1.165, 1.54) is 0 Å². The van der Waals surface area contributed by atoms with Gasteiger partial charge >= 0.3 is 5.97 Å². The maximum atomic E-state index is 11.2. The van der Waals surface area contributed by atoms with Crippen LogP contribution in [0.2, 0.25) is 0 Å². The highest BCUT2D eigenvalue weighted by atomic mass is 16.5. The van der Waals surface area contributed by atoms with E-state index in [2.05, 4.69) is 10.5 Å². The van der Waals surface area contributed by atoms with Crippen molar-refractivity contribution in [3.05, 3.63) is 0 Å². The van der Waals surface area contributed by atoms with Crippen LogP contribution in [0.5, 0.6) is 0 Å². The highest BCUT2D eigenvalue weighted by molar-refractivity contribution is 6.37. The van der Waals surface area contributed by atoms with E-state index < -0.39 is 5.97 Å². The number of hydrazone groups is 1. The van der Waals surface area contributed by atoms with Crippen molar-refractivity contribution in [1.82, 2.24) is 5.43 Å². The second-order valence-electron chi connectivity index (χ2n) is 2.73. The van der Waals surface area contributed by atoms with E-state index in [4.69, 9.17) is 4.74 Å². The quantitative estimate of drug-likeness (QED) is 0.637. The lowest BCUT2D eigenvalue weighted by molar-refractivity contribution is -0.135. The lowest BCUT2D eigenvalue weighted by Crippen LogP contribution is -2.30. The predicted molar refractivity (Wildman–Crippen MR) is 46.1 cm³/mol. The molecule has 1 aliphatic rings. The van der Waals surface area contributed by atoms with Crippen LogP contribution < -0.4 is 5.43 Å². The summed E-state index contributed by atoms with van der Waals surface area (Å²) < 4.78 is 4.84. The van der Waals surface area contributed by atoms with Crippen molar-refractivity contribution in [2.75, 3.05) is 6.61 Å². The molecule has 5 nitrogen and oxygen atoms in total. The van der Waals surface area contributed by atoms with Gasteiger partial charge in [-0.25, -0.2) is 10.2 Å². The summed E-state index contributed by atoms with van der Waals surface area (Å²) in [7, 11) is 0. The summed E-state index contributed by atoms with van der Waals surface area (Å²) in [6.45, 7) is 2.31. The average molecular weight is 184 g/mol. The van der Waals surface area contributed by atoms with Gasteiger partial charge in [0, 0.05) is 12.8 Å². The molecule has 0 spiro atoms. The fraction of sp³-hybridized carbons (Fsp3) is 0.625. The van der Waals surface area contributed by atoms with Gasteiger partial charge in [0.05, 0.1) is 6.61 Å². The second-order valence-corrected chi connectivity index (χ2v) is 2.73. The summed E-state index contributed by atoms with van der Waals surface area (Å²) in [5.41, 5.74) is 2.54. The van der Waals surface area contributed by atoms with Crippen LogP contribution in [0.1, 0.15) is 26.2 Å². The number of carbonyl (C=O) groups is 2. The van der Waals surface area contributed by atoms with Crippen LogP contribution in [0, 0.1) is 0 Å². The summed E-state index contributed by atoms with van der Waals surface area (Å²) in [6.07, 6.45) is 1.46. The molecule has 0 aliphatic carbocycles. The van der Waals surface area contributed by atoms with Gasteiger partial charge in [0.2, 0.25) is 5.91 Å². The Balaban J connectivity index is 2.43. The van der Waals surface area contributed by atoms with Crippen molar-refractivity contribution in [2.24, 2.45) is 5.10 Å². The highest BCUT2D eigenvalue weighted by Gasteiger charge is 2.18. The zero-order valence-electron chi connectivity index (χ0n) is 7.50. The largest absolute Gasteiger partial charge is 0.461 e. The maximum Gasteiger partial charge on any atom is 0.354 e. The first-order valence-corrected chi connectivity index (χ1v) is 4.26. The molecular weight excluding hydrogens is 172 g/mol. The van der Waals surface area contributed by atoms with E-state index in [1.54, 1.807) is 0 Å². The normalized spacial score (nSPS) is 16.1. The van der Waals surface area contributed by atoms with Crippen LogP contribution >= 0.6 is 0 Å². The molecule has 72 valence electrons. The first-order chi connectivity index (χ1) is 6.24. The molecule has 0 saturated heterocycles. The molecule has 0 saturated carbocycles. The summed E-state index contributed by atoms with van der Waals surface area (Å²) >= 11 is 0. The Morgan fingerprint density at radius 1 is 1.62 bits per heavy atom. The van der Waals surface area contributed by atoms with Gasteiger partial charge in [0.1, 0.15) is 5.71 Å². The number of amides is 1. The molecule has 5 heteroatoms. The number of carbonyl (C=O) groups excluding carboxylic acids is 2. The van der Waals surface area contributed by atoms with Crippen LogP contribution in [0.3, 0.4) is 0 Å². The van der Waals surface area contributed by atoms with Crippen LogP contribution in [-0.4, -0.2) is 24.2 Å². The molecule has 0 unspecified atom stereocenters. The molecule has 1 aliphatic heterocycles. The molecule has 1 amide bonds. The minimum atomic E-state index is -0.429. The van der Waals surface area contributed by atoms with Crippen molar-refractivity contribution in [3.8, 4) is 0 Å². The number of nitrogens with one attached hydrogen (secondary N) is 1. The molecule has 1 heterocycles. The Morgan fingerprint density at radius 3 is 2.92 bits per heavy atom. The predicted octanol–water partition coefficient (Wildman–Crippen LogP) is 0.206. The SMILES string of the molecule is CCCOC(=O)C1=NNC(=O)CC1. The van der Waals surface area contributed by atoms with Crippen molar-refractivity contribution >= 4 is 17.6 Å². The van der Waals surface area contributed by atoms with Crippen molar-refractivity contribution in [2.45, 2.75) is 26.2 Å². The molecule has 0 bridgehead atoms. The topological polar surface area (TPSA) is 67.8 Å². The van der Waals surface area contributed by atoms with Crippen molar-refractivity contribution in [1.29, 1.82) is 0 Å². The van der Waals surface area contributed by atoms with E-state index in [-0.39, 0.29) is 5.91 Å². The van der Waals surface area contributed by atoms with Crippen LogP contribution in [0.25, 0.3) is 0 Å². The highest BCUT2D eigenvalue weighted by Crippen LogP contribution is 2.01. The molecule has 13 heavy (non-hydrogen) atoms. The third-order valence-corrected chi connectivity index (χ3v) is 1.58. The lowest BCUT2D eigenvalue weighted by Gasteiger charge is -2.10. The molecule has 0 fully saturated rings. The smallest absolute Gasteiger partial charge is 0.354 e. The number of rotatable bonds is 3. The first kappa shape index (κ1) is 9.70. The van der Waals surface area contributed by atoms with Gasteiger partial charge in [-0.15, -0.1) is 0 Å². The maximum absolute atomic E-state index is 11.2. The summed E-state index contributed by atoms with van der Waals surface area (Å²) in [4.78, 5) is 21.8. The zero-order valence-corrected chi connectivity index (χ0v) is 7.50. The summed E-state index contributed by atoms with van der Waals surface area (Å²) in [5, 5.41) is 3.61. The molecule has 0 aromatic carbocycles. The minimum absolute atomic E-state index is 0.160. The fourth-order valence-corrected chi connectivity index (χ4v) is 0.899. The molecule has 0 radical (unpaired) electrons. The number of esters is 1. The van der Waals surface area contributed by atoms with Gasteiger partial charge in [-0.1, -0.05) is 6.92 Å². The fourth-order valence-electron chi connectivity index (χ4n) is 0.899. The van der Waals surface area contributed by atoms with E-state index in [0.29, 0.717) is 25.2 Å². The van der Waals surface area contributed by atoms with Gasteiger partial charge in [0.25, 0.3) is 0 Å². The van der Waals surface area contributed by atoms with E-state index in [1.807, 2.05) is 6.92 Å². The minimum Gasteiger partial charge on any atom is -0.461 e. The van der Waals surface area contributed by atoms with Gasteiger partial charge < -0.3 is 4.74 Å². The molecule has 0 aromatic heterocycles. The van der Waals surface area contributed by atoms with Crippen molar-refractivity contribution in [3.63, 3.8) is 0 Å². The Kier molecular flexibility index (Phi) is 3.42. The van der Waals surface area contributed by atoms with E-state index in [0.717, 1.165) is 6.42 Å². The van der Waals surface area contributed by atoms with Gasteiger partial charge in [-0.05, 0) is 6.42 Å². The molecule has 1 N–H and O–H groups in total. The molecule has 1 rings (SSSR count). The number of hydrogen-bond donors (Lipinski definition) is 1. The van der Waals surface area contributed by atoms with Crippen LogP contribution in [0.4, 0.5) is 0 Å². The second kappa shape index (κ2) is 4.59. The van der Waals surface area contributed by atoms with E-state index in [9.17, 15) is 9.59 Å². The molecular formula is C8H12N2O3. The van der Waals surface area contributed by atoms with Crippen LogP contribution in [0.15, 0.2) is 5.10 Å². The molecule has 0 atom stereocenters. The van der Waals surface area contributed by atoms with Gasteiger partial charge in [-0.3, -0.25) is 4.79 Å². The third-order valence-electron chi connectivity index (χ3n) is 1.58. The van der Waals surface area contributed by atoms with E-state index >= 15 is 0 Å². The van der Waals surface area contributed by atoms with Crippen LogP contribution in [-0.2, 0) is 14.3 Å². The zero-order chi connectivity index (χ0) is 9.68. The Labute approximate surface area is 76.1 Å². The monoisotopic (exact) mass is 184 g/mol. The Hall–Kier alpha value is -1.39.